The van der Waals surface area contributed by atoms with E-state index in [0.717, 1.165) is 81.9 Å². The van der Waals surface area contributed by atoms with Gasteiger partial charge in [-0.15, -0.1) is 0 Å². The Hall–Kier alpha value is -3.49. The summed E-state index contributed by atoms with van der Waals surface area (Å²) in [5.41, 5.74) is -3.46. The summed E-state index contributed by atoms with van der Waals surface area (Å²) in [6.45, 7) is 3.06. The van der Waals surface area contributed by atoms with E-state index in [1.807, 2.05) is 4.90 Å². The molecule has 0 radical (unpaired) electrons. The zero-order chi connectivity index (χ0) is 32.0. The lowest BCUT2D eigenvalue weighted by Gasteiger charge is -2.35. The fourth-order valence-corrected chi connectivity index (χ4v) is 9.24. The lowest BCUT2D eigenvalue weighted by atomic mass is 9.97. The Kier molecular flexibility index (Phi) is 7.00. The predicted octanol–water partition coefficient (Wildman–Crippen LogP) is 5.60. The highest BCUT2D eigenvalue weighted by molar-refractivity contribution is 7.99. The molecule has 46 heavy (non-hydrogen) atoms. The van der Waals surface area contributed by atoms with Crippen molar-refractivity contribution in [3.05, 3.63) is 58.0 Å². The van der Waals surface area contributed by atoms with Crippen molar-refractivity contribution in [2.75, 3.05) is 36.8 Å². The molecule has 242 valence electrons. The second-order valence-electron chi connectivity index (χ2n) is 12.9. The SMILES string of the molecule is O=c1c2nc(SCC34CCCN3CCC4)nc(N3C[C@H]4CC[C@@H](C3)N4)c2cc(C(F)(F)F)n1-c1cc(O)cc2ccc(F)c(F)c12. The molecule has 6 heterocycles. The number of halogens is 5. The number of nitrogens with zero attached hydrogens (tertiary/aromatic N) is 5. The van der Waals surface area contributed by atoms with Gasteiger partial charge in [0.15, 0.2) is 16.8 Å². The molecule has 4 aliphatic rings. The number of benzene rings is 2. The molecule has 0 amide bonds. The van der Waals surface area contributed by atoms with Gasteiger partial charge in [0.25, 0.3) is 5.56 Å². The van der Waals surface area contributed by atoms with Crippen molar-refractivity contribution in [3.8, 4) is 11.4 Å². The molecular formula is C32H31F5N6O2S. The number of aromatic nitrogens is 3. The molecule has 0 saturated carbocycles. The van der Waals surface area contributed by atoms with E-state index in [9.17, 15) is 27.5 Å². The van der Waals surface area contributed by atoms with Gasteiger partial charge in [0.05, 0.1) is 11.1 Å². The quantitative estimate of drug-likeness (QED) is 0.163. The molecule has 0 unspecified atom stereocenters. The summed E-state index contributed by atoms with van der Waals surface area (Å²) in [5, 5.41) is 13.5. The minimum absolute atomic E-state index is 0.000271. The molecule has 4 fully saturated rings. The number of anilines is 1. The Morgan fingerprint density at radius 2 is 1.74 bits per heavy atom. The van der Waals surface area contributed by atoms with Crippen LogP contribution in [0.2, 0.25) is 0 Å². The van der Waals surface area contributed by atoms with Crippen LogP contribution in [-0.4, -0.2) is 74.1 Å². The molecule has 2 N–H and O–H groups in total. The van der Waals surface area contributed by atoms with Gasteiger partial charge in [-0.3, -0.25) is 14.3 Å². The van der Waals surface area contributed by atoms with Crippen molar-refractivity contribution in [3.63, 3.8) is 0 Å². The number of alkyl halides is 3. The Morgan fingerprint density at radius 1 is 1.02 bits per heavy atom. The lowest BCUT2D eigenvalue weighted by molar-refractivity contribution is -0.142. The number of pyridine rings is 1. The van der Waals surface area contributed by atoms with E-state index < -0.39 is 45.9 Å². The summed E-state index contributed by atoms with van der Waals surface area (Å²) < 4.78 is 74.6. The number of hydrogen-bond acceptors (Lipinski definition) is 8. The van der Waals surface area contributed by atoms with E-state index in [1.54, 1.807) is 0 Å². The molecule has 4 aliphatic heterocycles. The monoisotopic (exact) mass is 658 g/mol. The highest BCUT2D eigenvalue weighted by atomic mass is 32.2. The van der Waals surface area contributed by atoms with Gasteiger partial charge in [0, 0.05) is 47.9 Å². The van der Waals surface area contributed by atoms with Gasteiger partial charge in [-0.25, -0.2) is 18.7 Å². The van der Waals surface area contributed by atoms with Crippen LogP contribution in [0, 0.1) is 11.6 Å². The Labute approximate surface area is 264 Å². The maximum atomic E-state index is 15.3. The van der Waals surface area contributed by atoms with E-state index in [1.165, 1.54) is 11.8 Å². The molecule has 8 rings (SSSR count). The maximum Gasteiger partial charge on any atom is 0.431 e. The number of piperazine rings is 1. The van der Waals surface area contributed by atoms with Crippen molar-refractivity contribution < 1.29 is 27.1 Å². The van der Waals surface area contributed by atoms with Gasteiger partial charge in [0.1, 0.15) is 22.8 Å². The standard InChI is InChI=1S/C32H31F5N6O2S/c33-22-6-3-17-11-20(44)12-23(25(17)26(22)34)43-24(32(35,36)37)13-21-27(29(43)45)39-30(46-16-31-7-1-9-42(31)10-2-8-31)40-28(21)41-14-18-4-5-19(15-41)38-18/h3,6,11-13,18-19,38,44H,1-2,4-5,7-10,14-16H2/t18-,19+. The summed E-state index contributed by atoms with van der Waals surface area (Å²) in [4.78, 5) is 28.1. The third-order valence-corrected chi connectivity index (χ3v) is 11.3. The minimum atomic E-state index is -5.09. The highest BCUT2D eigenvalue weighted by Gasteiger charge is 2.44. The van der Waals surface area contributed by atoms with Gasteiger partial charge in [-0.1, -0.05) is 17.8 Å². The van der Waals surface area contributed by atoms with Crippen molar-refractivity contribution in [1.29, 1.82) is 0 Å². The topological polar surface area (TPSA) is 86.5 Å². The number of thioether (sulfide) groups is 1. The van der Waals surface area contributed by atoms with Crippen molar-refractivity contribution in [1.82, 2.24) is 24.8 Å². The van der Waals surface area contributed by atoms with E-state index in [-0.39, 0.29) is 44.9 Å². The second kappa shape index (κ2) is 10.8. The summed E-state index contributed by atoms with van der Waals surface area (Å²) in [7, 11) is 0. The first-order valence-corrected chi connectivity index (χ1v) is 16.5. The summed E-state index contributed by atoms with van der Waals surface area (Å²) in [6, 6.07) is 5.00. The molecule has 4 aromatic rings. The van der Waals surface area contributed by atoms with Crippen LogP contribution in [0.25, 0.3) is 27.4 Å². The molecule has 4 saturated heterocycles. The number of phenols is 1. The molecule has 2 aromatic heterocycles. The third kappa shape index (κ3) is 4.82. The normalized spacial score (nSPS) is 22.8. The van der Waals surface area contributed by atoms with Gasteiger partial charge >= 0.3 is 6.18 Å². The fourth-order valence-electron chi connectivity index (χ4n) is 8.07. The first-order chi connectivity index (χ1) is 22.0. The molecule has 2 atom stereocenters. The average molecular weight is 659 g/mol. The lowest BCUT2D eigenvalue weighted by Crippen LogP contribution is -2.51. The van der Waals surface area contributed by atoms with Gasteiger partial charge in [-0.05, 0) is 75.2 Å². The number of hydrogen-bond donors (Lipinski definition) is 2. The Bertz CT molecular complexity index is 1930. The number of aromatic hydroxyl groups is 1. The molecule has 0 spiro atoms. The maximum absolute atomic E-state index is 15.3. The predicted molar refractivity (Wildman–Crippen MR) is 165 cm³/mol. The summed E-state index contributed by atoms with van der Waals surface area (Å²) in [6.07, 6.45) is 1.03. The molecule has 8 nitrogen and oxygen atoms in total. The summed E-state index contributed by atoms with van der Waals surface area (Å²) >= 11 is 1.40. The second-order valence-corrected chi connectivity index (χ2v) is 13.9. The summed E-state index contributed by atoms with van der Waals surface area (Å²) in [5.74, 6) is -2.31. The zero-order valence-corrected chi connectivity index (χ0v) is 25.5. The first-order valence-electron chi connectivity index (χ1n) is 15.6. The van der Waals surface area contributed by atoms with Crippen LogP contribution in [0.4, 0.5) is 27.8 Å². The number of phenolic OH excluding ortho intramolecular Hbond substituents is 1. The zero-order valence-electron chi connectivity index (χ0n) is 24.7. The first kappa shape index (κ1) is 29.9. The van der Waals surface area contributed by atoms with Crippen LogP contribution < -0.4 is 15.8 Å². The van der Waals surface area contributed by atoms with Crippen LogP contribution >= 0.6 is 11.8 Å². The van der Waals surface area contributed by atoms with Crippen molar-refractivity contribution in [2.24, 2.45) is 0 Å². The molecule has 2 aromatic carbocycles. The molecule has 14 heteroatoms. The molecule has 2 bridgehead atoms. The average Bonchev–Trinajstić information content (AvgIpc) is 3.70. The van der Waals surface area contributed by atoms with Crippen LogP contribution in [-0.2, 0) is 6.18 Å². The fraction of sp³-hybridized carbons (Fsp3) is 0.469. The minimum Gasteiger partial charge on any atom is -0.508 e. The van der Waals surface area contributed by atoms with Gasteiger partial charge in [0.2, 0.25) is 0 Å². The third-order valence-electron chi connectivity index (χ3n) is 10.1. The van der Waals surface area contributed by atoms with Crippen molar-refractivity contribution in [2.45, 2.75) is 67.5 Å². The smallest absolute Gasteiger partial charge is 0.431 e. The van der Waals surface area contributed by atoms with Crippen LogP contribution in [0.1, 0.15) is 44.2 Å². The Morgan fingerprint density at radius 3 is 2.43 bits per heavy atom. The van der Waals surface area contributed by atoms with Crippen LogP contribution in [0.5, 0.6) is 5.75 Å². The largest absolute Gasteiger partial charge is 0.508 e. The number of nitrogens with one attached hydrogen (secondary N) is 1. The molecule has 0 aliphatic carbocycles. The number of rotatable bonds is 5. The van der Waals surface area contributed by atoms with Gasteiger partial charge in [-0.2, -0.15) is 13.2 Å². The van der Waals surface area contributed by atoms with E-state index in [4.69, 9.17) is 4.98 Å². The van der Waals surface area contributed by atoms with Gasteiger partial charge < -0.3 is 15.3 Å². The number of fused-ring (bicyclic) bond motifs is 5. The van der Waals surface area contributed by atoms with E-state index in [0.29, 0.717) is 23.4 Å². The van der Waals surface area contributed by atoms with E-state index >= 15 is 4.39 Å². The van der Waals surface area contributed by atoms with Crippen LogP contribution in [0.3, 0.4) is 0 Å². The van der Waals surface area contributed by atoms with E-state index in [2.05, 4.69) is 15.2 Å². The highest BCUT2D eigenvalue weighted by Crippen LogP contribution is 2.43. The van der Waals surface area contributed by atoms with Crippen LogP contribution in [0.15, 0.2) is 40.3 Å². The molecular weight excluding hydrogens is 627 g/mol. The van der Waals surface area contributed by atoms with Crippen molar-refractivity contribution >= 4 is 39.3 Å². The Balaban J connectivity index is 1.36.